The highest BCUT2D eigenvalue weighted by Crippen LogP contribution is 2.33. The van der Waals surface area contributed by atoms with Crippen LogP contribution >= 0.6 is 27.3 Å². The predicted octanol–water partition coefficient (Wildman–Crippen LogP) is 4.12. The maximum atomic E-state index is 4.76. The number of nitrogens with one attached hydrogen (secondary N) is 1. The van der Waals surface area contributed by atoms with Gasteiger partial charge >= 0.3 is 0 Å². The highest BCUT2D eigenvalue weighted by Gasteiger charge is 2.22. The van der Waals surface area contributed by atoms with Gasteiger partial charge in [-0.05, 0) is 43.5 Å². The minimum Gasteiger partial charge on any atom is -0.308 e. The van der Waals surface area contributed by atoms with E-state index in [0.29, 0.717) is 6.04 Å². The molecule has 2 aromatic rings. The molecule has 2 nitrogen and oxygen atoms in total. The summed E-state index contributed by atoms with van der Waals surface area (Å²) in [4.78, 5) is 4.76. The number of thiazole rings is 1. The molecule has 17 heavy (non-hydrogen) atoms. The summed E-state index contributed by atoms with van der Waals surface area (Å²) in [5, 5.41) is 4.82. The summed E-state index contributed by atoms with van der Waals surface area (Å²) < 4.78 is 2.38. The molecule has 2 unspecified atom stereocenters. The van der Waals surface area contributed by atoms with Crippen molar-refractivity contribution >= 4 is 37.5 Å². The Bertz CT molecular complexity index is 537. The second kappa shape index (κ2) is 4.67. The number of benzene rings is 1. The number of fused-ring (bicyclic) bond motifs is 1. The van der Waals surface area contributed by atoms with Crippen molar-refractivity contribution < 1.29 is 0 Å². The van der Waals surface area contributed by atoms with E-state index in [1.807, 2.05) is 11.3 Å². The smallest absolute Gasteiger partial charge is 0.111 e. The largest absolute Gasteiger partial charge is 0.308 e. The molecule has 1 aliphatic rings. The first kappa shape index (κ1) is 11.6. The maximum Gasteiger partial charge on any atom is 0.111 e. The number of hydrogen-bond donors (Lipinski definition) is 1. The third kappa shape index (κ3) is 2.39. The third-order valence-corrected chi connectivity index (χ3v) is 4.97. The molecule has 1 aliphatic heterocycles. The molecule has 4 heteroatoms. The van der Waals surface area contributed by atoms with E-state index < -0.39 is 0 Å². The second-order valence-corrected chi connectivity index (χ2v) is 6.78. The zero-order valence-corrected chi connectivity index (χ0v) is 12.1. The van der Waals surface area contributed by atoms with Gasteiger partial charge in [0.05, 0.1) is 16.3 Å². The summed E-state index contributed by atoms with van der Waals surface area (Å²) in [7, 11) is 0. The standard InChI is InChI=1S/C13H15BrN2S/c1-8-4-5-15-11(6-8)13-16-10-7-9(14)2-3-12(10)17-13/h2-3,7-8,11,15H,4-6H2,1H3. The van der Waals surface area contributed by atoms with Crippen molar-refractivity contribution in [2.45, 2.75) is 25.8 Å². The minimum atomic E-state index is 0.454. The molecular formula is C13H15BrN2S. The van der Waals surface area contributed by atoms with Crippen LogP contribution in [-0.2, 0) is 0 Å². The first-order valence-corrected chi connectivity index (χ1v) is 7.62. The predicted molar refractivity (Wildman–Crippen MR) is 76.5 cm³/mol. The highest BCUT2D eigenvalue weighted by atomic mass is 79.9. The molecule has 3 rings (SSSR count). The lowest BCUT2D eigenvalue weighted by atomic mass is 9.95. The molecule has 1 saturated heterocycles. The van der Waals surface area contributed by atoms with Crippen molar-refractivity contribution in [3.63, 3.8) is 0 Å². The third-order valence-electron chi connectivity index (χ3n) is 3.33. The van der Waals surface area contributed by atoms with Crippen molar-refractivity contribution in [3.05, 3.63) is 27.7 Å². The number of halogens is 1. The normalized spacial score (nSPS) is 25.3. The molecule has 2 atom stereocenters. The monoisotopic (exact) mass is 310 g/mol. The lowest BCUT2D eigenvalue weighted by molar-refractivity contribution is 0.325. The molecule has 0 amide bonds. The molecule has 1 aromatic carbocycles. The quantitative estimate of drug-likeness (QED) is 0.857. The average molecular weight is 311 g/mol. The van der Waals surface area contributed by atoms with Crippen LogP contribution in [0, 0.1) is 5.92 Å². The van der Waals surface area contributed by atoms with Crippen molar-refractivity contribution in [1.82, 2.24) is 10.3 Å². The first-order valence-electron chi connectivity index (χ1n) is 6.02. The van der Waals surface area contributed by atoms with Crippen LogP contribution in [0.15, 0.2) is 22.7 Å². The molecule has 0 aliphatic carbocycles. The maximum absolute atomic E-state index is 4.76. The van der Waals surface area contributed by atoms with E-state index in [1.54, 1.807) is 0 Å². The van der Waals surface area contributed by atoms with E-state index in [4.69, 9.17) is 4.98 Å². The van der Waals surface area contributed by atoms with Gasteiger partial charge in [-0.15, -0.1) is 11.3 Å². The molecule has 0 spiro atoms. The van der Waals surface area contributed by atoms with Crippen LogP contribution in [0.3, 0.4) is 0 Å². The van der Waals surface area contributed by atoms with Crippen LogP contribution in [-0.4, -0.2) is 11.5 Å². The summed E-state index contributed by atoms with van der Waals surface area (Å²) in [5.41, 5.74) is 1.11. The van der Waals surface area contributed by atoms with Crippen LogP contribution in [0.2, 0.25) is 0 Å². The Labute approximate surface area is 114 Å². The zero-order chi connectivity index (χ0) is 11.8. The van der Waals surface area contributed by atoms with Crippen LogP contribution in [0.1, 0.15) is 30.8 Å². The molecular weight excluding hydrogens is 296 g/mol. The lowest BCUT2D eigenvalue weighted by Crippen LogP contribution is -2.30. The fourth-order valence-electron chi connectivity index (χ4n) is 2.36. The van der Waals surface area contributed by atoms with Gasteiger partial charge in [-0.2, -0.15) is 0 Å². The molecule has 2 heterocycles. The van der Waals surface area contributed by atoms with Gasteiger partial charge in [0.25, 0.3) is 0 Å². The summed E-state index contributed by atoms with van der Waals surface area (Å²) in [6, 6.07) is 6.78. The van der Waals surface area contributed by atoms with E-state index in [9.17, 15) is 0 Å². The first-order chi connectivity index (χ1) is 8.22. The van der Waals surface area contributed by atoms with Gasteiger partial charge in [-0.25, -0.2) is 4.98 Å². The van der Waals surface area contributed by atoms with Crippen LogP contribution in [0.4, 0.5) is 0 Å². The molecule has 0 radical (unpaired) electrons. The Morgan fingerprint density at radius 1 is 1.47 bits per heavy atom. The van der Waals surface area contributed by atoms with Gasteiger partial charge in [0.15, 0.2) is 0 Å². The van der Waals surface area contributed by atoms with Gasteiger partial charge in [0, 0.05) is 4.47 Å². The summed E-state index contributed by atoms with van der Waals surface area (Å²) in [6.45, 7) is 3.45. The zero-order valence-electron chi connectivity index (χ0n) is 9.74. The van der Waals surface area contributed by atoms with Crippen molar-refractivity contribution in [1.29, 1.82) is 0 Å². The van der Waals surface area contributed by atoms with Crippen LogP contribution < -0.4 is 5.32 Å². The molecule has 1 N–H and O–H groups in total. The lowest BCUT2D eigenvalue weighted by Gasteiger charge is -2.26. The number of rotatable bonds is 1. The summed E-state index contributed by atoms with van der Waals surface area (Å²) in [5.74, 6) is 0.806. The fraction of sp³-hybridized carbons (Fsp3) is 0.462. The van der Waals surface area contributed by atoms with E-state index in [-0.39, 0.29) is 0 Å². The number of hydrogen-bond acceptors (Lipinski definition) is 3. The molecule has 1 fully saturated rings. The summed E-state index contributed by atoms with van der Waals surface area (Å²) >= 11 is 5.32. The van der Waals surface area contributed by atoms with Crippen molar-refractivity contribution in [2.24, 2.45) is 5.92 Å². The van der Waals surface area contributed by atoms with E-state index >= 15 is 0 Å². The van der Waals surface area contributed by atoms with Crippen molar-refractivity contribution in [2.75, 3.05) is 6.54 Å². The van der Waals surface area contributed by atoms with E-state index in [1.165, 1.54) is 22.5 Å². The summed E-state index contributed by atoms with van der Waals surface area (Å²) in [6.07, 6.45) is 2.49. The van der Waals surface area contributed by atoms with Crippen LogP contribution in [0.25, 0.3) is 10.2 Å². The van der Waals surface area contributed by atoms with Gasteiger partial charge in [-0.1, -0.05) is 22.9 Å². The molecule has 1 aromatic heterocycles. The molecule has 0 saturated carbocycles. The van der Waals surface area contributed by atoms with Gasteiger partial charge in [0.1, 0.15) is 5.01 Å². The van der Waals surface area contributed by atoms with Crippen LogP contribution in [0.5, 0.6) is 0 Å². The number of piperidine rings is 1. The minimum absolute atomic E-state index is 0.454. The van der Waals surface area contributed by atoms with Crippen molar-refractivity contribution in [3.8, 4) is 0 Å². The number of aromatic nitrogens is 1. The molecule has 90 valence electrons. The second-order valence-electron chi connectivity index (χ2n) is 4.80. The topological polar surface area (TPSA) is 24.9 Å². The fourth-order valence-corrected chi connectivity index (χ4v) is 3.75. The van der Waals surface area contributed by atoms with Gasteiger partial charge in [0.2, 0.25) is 0 Å². The number of nitrogens with zero attached hydrogens (tertiary/aromatic N) is 1. The molecule has 0 bridgehead atoms. The Balaban J connectivity index is 1.94. The van der Waals surface area contributed by atoms with Gasteiger partial charge < -0.3 is 5.32 Å². The SMILES string of the molecule is CC1CCNC(c2nc3cc(Br)ccc3s2)C1. The average Bonchev–Trinajstić information content (AvgIpc) is 2.72. The Kier molecular flexibility index (Phi) is 3.19. The van der Waals surface area contributed by atoms with E-state index in [2.05, 4.69) is 46.4 Å². The van der Waals surface area contributed by atoms with E-state index in [0.717, 1.165) is 22.5 Å². The van der Waals surface area contributed by atoms with Gasteiger partial charge in [-0.3, -0.25) is 0 Å². The Morgan fingerprint density at radius 2 is 2.35 bits per heavy atom. The highest BCUT2D eigenvalue weighted by molar-refractivity contribution is 9.10. The Morgan fingerprint density at radius 3 is 3.18 bits per heavy atom. The Hall–Kier alpha value is -0.450.